The molecule has 1 aromatic rings. The van der Waals surface area contributed by atoms with Gasteiger partial charge in [0.1, 0.15) is 0 Å². The highest BCUT2D eigenvalue weighted by molar-refractivity contribution is 7.80. The van der Waals surface area contributed by atoms with Gasteiger partial charge < -0.3 is 16.2 Å². The van der Waals surface area contributed by atoms with E-state index in [0.29, 0.717) is 0 Å². The Hall–Kier alpha value is -1.88. The average molecular weight is 236 g/mol. The van der Waals surface area contributed by atoms with Gasteiger partial charge in [0, 0.05) is 5.69 Å². The van der Waals surface area contributed by atoms with Gasteiger partial charge in [-0.2, -0.15) is 0 Å². The average Bonchev–Trinajstić information content (AvgIpc) is 2.19. The van der Waals surface area contributed by atoms with Crippen LogP contribution in [-0.4, -0.2) is 16.2 Å². The van der Waals surface area contributed by atoms with Gasteiger partial charge in [0.15, 0.2) is 5.11 Å². The SMILES string of the molecule is NC(=S)Nc1ccc(C=CCC(=O)O)cc1. The molecule has 0 heterocycles. The number of aliphatic carboxylic acids is 1. The first-order chi connectivity index (χ1) is 7.58. The number of anilines is 1. The first-order valence-electron chi connectivity index (χ1n) is 4.63. The van der Waals surface area contributed by atoms with E-state index in [1.54, 1.807) is 12.2 Å². The van der Waals surface area contributed by atoms with Gasteiger partial charge >= 0.3 is 5.97 Å². The van der Waals surface area contributed by atoms with Crippen molar-refractivity contribution in [3.05, 3.63) is 35.9 Å². The molecule has 0 fully saturated rings. The number of thiocarbonyl (C=S) groups is 1. The summed E-state index contributed by atoms with van der Waals surface area (Å²) in [6.07, 6.45) is 3.36. The molecule has 16 heavy (non-hydrogen) atoms. The van der Waals surface area contributed by atoms with Crippen LogP contribution in [0.5, 0.6) is 0 Å². The van der Waals surface area contributed by atoms with Crippen LogP contribution in [-0.2, 0) is 4.79 Å². The number of hydrogen-bond donors (Lipinski definition) is 3. The maximum atomic E-state index is 10.3. The molecule has 84 valence electrons. The van der Waals surface area contributed by atoms with Crippen LogP contribution in [0.25, 0.3) is 6.08 Å². The smallest absolute Gasteiger partial charge is 0.307 e. The number of nitrogens with one attached hydrogen (secondary N) is 1. The normalized spacial score (nSPS) is 10.2. The Labute approximate surface area is 98.8 Å². The van der Waals surface area contributed by atoms with Crippen molar-refractivity contribution < 1.29 is 9.90 Å². The van der Waals surface area contributed by atoms with E-state index in [2.05, 4.69) is 5.32 Å². The largest absolute Gasteiger partial charge is 0.481 e. The van der Waals surface area contributed by atoms with Crippen LogP contribution >= 0.6 is 12.2 Å². The standard InChI is InChI=1S/C11H12N2O2S/c12-11(16)13-9-6-4-8(5-7-9)2-1-3-10(14)15/h1-2,4-7H,3H2,(H,14,15)(H3,12,13,16). The minimum absolute atomic E-state index is 0.0207. The van der Waals surface area contributed by atoms with Crippen LogP contribution in [0.2, 0.25) is 0 Å². The summed E-state index contributed by atoms with van der Waals surface area (Å²) in [5, 5.41) is 11.5. The van der Waals surface area contributed by atoms with Crippen molar-refractivity contribution in [3.8, 4) is 0 Å². The molecular formula is C11H12N2O2S. The zero-order valence-corrected chi connectivity index (χ0v) is 9.33. The molecule has 0 aliphatic rings. The molecule has 0 aliphatic carbocycles. The Balaban J connectivity index is 2.60. The lowest BCUT2D eigenvalue weighted by Crippen LogP contribution is -2.18. The Morgan fingerprint density at radius 2 is 2.06 bits per heavy atom. The Morgan fingerprint density at radius 3 is 2.56 bits per heavy atom. The van der Waals surface area contributed by atoms with Gasteiger partial charge in [-0.1, -0.05) is 24.3 Å². The maximum Gasteiger partial charge on any atom is 0.307 e. The summed E-state index contributed by atoms with van der Waals surface area (Å²) < 4.78 is 0. The van der Waals surface area contributed by atoms with E-state index in [1.165, 1.54) is 0 Å². The van der Waals surface area contributed by atoms with Crippen molar-refractivity contribution >= 4 is 35.1 Å². The van der Waals surface area contributed by atoms with Gasteiger partial charge in [-0.25, -0.2) is 0 Å². The van der Waals surface area contributed by atoms with Crippen LogP contribution in [0, 0.1) is 0 Å². The molecule has 0 aliphatic heterocycles. The highest BCUT2D eigenvalue weighted by atomic mass is 32.1. The van der Waals surface area contributed by atoms with E-state index in [0.717, 1.165) is 11.3 Å². The molecule has 0 spiro atoms. The fourth-order valence-electron chi connectivity index (χ4n) is 1.12. The molecule has 0 radical (unpaired) electrons. The van der Waals surface area contributed by atoms with Crippen LogP contribution in [0.15, 0.2) is 30.3 Å². The molecule has 0 aromatic heterocycles. The number of carboxylic acids is 1. The van der Waals surface area contributed by atoms with E-state index in [4.69, 9.17) is 23.1 Å². The molecule has 0 bridgehead atoms. The van der Waals surface area contributed by atoms with Gasteiger partial charge in [0.05, 0.1) is 6.42 Å². The summed E-state index contributed by atoms with van der Waals surface area (Å²) >= 11 is 4.70. The molecular weight excluding hydrogens is 224 g/mol. The van der Waals surface area contributed by atoms with Crippen LogP contribution in [0.1, 0.15) is 12.0 Å². The Morgan fingerprint density at radius 1 is 1.44 bits per heavy atom. The summed E-state index contributed by atoms with van der Waals surface area (Å²) in [5.41, 5.74) is 7.05. The number of carboxylic acid groups (broad SMARTS) is 1. The second-order valence-electron chi connectivity index (χ2n) is 3.11. The van der Waals surface area contributed by atoms with Crippen LogP contribution in [0.3, 0.4) is 0 Å². The minimum atomic E-state index is -0.844. The lowest BCUT2D eigenvalue weighted by atomic mass is 10.2. The molecule has 0 unspecified atom stereocenters. The molecule has 1 aromatic carbocycles. The van der Waals surface area contributed by atoms with E-state index < -0.39 is 5.97 Å². The zero-order chi connectivity index (χ0) is 12.0. The van der Waals surface area contributed by atoms with Crippen molar-refractivity contribution in [3.63, 3.8) is 0 Å². The van der Waals surface area contributed by atoms with Crippen LogP contribution < -0.4 is 11.1 Å². The highest BCUT2D eigenvalue weighted by Crippen LogP contribution is 2.10. The third kappa shape index (κ3) is 4.56. The predicted octanol–water partition coefficient (Wildman–Crippen LogP) is 1.83. The highest BCUT2D eigenvalue weighted by Gasteiger charge is 1.93. The van der Waals surface area contributed by atoms with Gasteiger partial charge in [-0.15, -0.1) is 0 Å². The molecule has 5 heteroatoms. The van der Waals surface area contributed by atoms with Crippen molar-refractivity contribution in [2.45, 2.75) is 6.42 Å². The van der Waals surface area contributed by atoms with Crippen molar-refractivity contribution in [2.75, 3.05) is 5.32 Å². The molecule has 4 nitrogen and oxygen atoms in total. The van der Waals surface area contributed by atoms with Crippen molar-refractivity contribution in [2.24, 2.45) is 5.73 Å². The molecule has 0 saturated heterocycles. The zero-order valence-electron chi connectivity index (χ0n) is 8.51. The number of nitrogens with two attached hydrogens (primary N) is 1. The topological polar surface area (TPSA) is 75.3 Å². The lowest BCUT2D eigenvalue weighted by Gasteiger charge is -2.03. The van der Waals surface area contributed by atoms with E-state index in [1.807, 2.05) is 24.3 Å². The predicted molar refractivity (Wildman–Crippen MR) is 68.1 cm³/mol. The van der Waals surface area contributed by atoms with Crippen LogP contribution in [0.4, 0.5) is 5.69 Å². The molecule has 0 saturated carbocycles. The lowest BCUT2D eigenvalue weighted by molar-refractivity contribution is -0.135. The summed E-state index contributed by atoms with van der Waals surface area (Å²) in [6.45, 7) is 0. The van der Waals surface area contributed by atoms with Gasteiger partial charge in [0.2, 0.25) is 0 Å². The van der Waals surface area contributed by atoms with Gasteiger partial charge in [-0.05, 0) is 29.9 Å². The van der Waals surface area contributed by atoms with Gasteiger partial charge in [-0.3, -0.25) is 4.79 Å². The third-order valence-electron chi connectivity index (χ3n) is 1.78. The summed E-state index contributed by atoms with van der Waals surface area (Å²) in [4.78, 5) is 10.3. The molecule has 0 atom stereocenters. The third-order valence-corrected chi connectivity index (χ3v) is 1.88. The maximum absolute atomic E-state index is 10.3. The summed E-state index contributed by atoms with van der Waals surface area (Å²) in [5.74, 6) is -0.844. The first kappa shape index (κ1) is 12.2. The van der Waals surface area contributed by atoms with E-state index in [9.17, 15) is 4.79 Å². The first-order valence-corrected chi connectivity index (χ1v) is 5.03. The minimum Gasteiger partial charge on any atom is -0.481 e. The van der Waals surface area contributed by atoms with Gasteiger partial charge in [0.25, 0.3) is 0 Å². The van der Waals surface area contributed by atoms with Crippen molar-refractivity contribution in [1.82, 2.24) is 0 Å². The van der Waals surface area contributed by atoms with E-state index >= 15 is 0 Å². The molecule has 0 amide bonds. The fraction of sp³-hybridized carbons (Fsp3) is 0.0909. The summed E-state index contributed by atoms with van der Waals surface area (Å²) in [6, 6.07) is 7.33. The van der Waals surface area contributed by atoms with Crippen molar-refractivity contribution in [1.29, 1.82) is 0 Å². The summed E-state index contributed by atoms with van der Waals surface area (Å²) in [7, 11) is 0. The Bertz CT molecular complexity index is 412. The fourth-order valence-corrected chi connectivity index (χ4v) is 1.23. The molecule has 4 N–H and O–H groups in total. The monoisotopic (exact) mass is 236 g/mol. The number of hydrogen-bond acceptors (Lipinski definition) is 2. The number of benzene rings is 1. The second kappa shape index (κ2) is 5.87. The number of carbonyl (C=O) groups is 1. The Kier molecular flexibility index (Phi) is 4.47. The second-order valence-corrected chi connectivity index (χ2v) is 3.55. The van der Waals surface area contributed by atoms with E-state index in [-0.39, 0.29) is 11.5 Å². The number of rotatable bonds is 4. The molecule has 1 rings (SSSR count). The quantitative estimate of drug-likeness (QED) is 0.695.